The quantitative estimate of drug-likeness (QED) is 0.485. The van der Waals surface area contributed by atoms with Gasteiger partial charge in [-0.1, -0.05) is 11.6 Å². The third-order valence-corrected chi connectivity index (χ3v) is 3.86. The first kappa shape index (κ1) is 16.6. The van der Waals surface area contributed by atoms with Crippen molar-refractivity contribution in [2.45, 2.75) is 19.6 Å². The van der Waals surface area contributed by atoms with Gasteiger partial charge in [-0.3, -0.25) is 0 Å². The van der Waals surface area contributed by atoms with Crippen LogP contribution >= 0.6 is 27.5 Å². The first-order chi connectivity index (χ1) is 10.2. The Morgan fingerprint density at radius 1 is 1.27 bits per heavy atom. The van der Waals surface area contributed by atoms with E-state index in [9.17, 15) is 9.59 Å². The highest BCUT2D eigenvalue weighted by Gasteiger charge is 2.39. The summed E-state index contributed by atoms with van der Waals surface area (Å²) >= 11 is 9.42. The van der Waals surface area contributed by atoms with Gasteiger partial charge in [-0.15, -0.1) is 0 Å². The first-order valence-corrected chi connectivity index (χ1v) is 7.37. The van der Waals surface area contributed by atoms with Gasteiger partial charge < -0.3 is 19.5 Å². The van der Waals surface area contributed by atoms with Crippen LogP contribution in [0.15, 0.2) is 28.4 Å². The molecule has 1 aromatic rings. The number of methoxy groups -OCH3 is 1. The lowest BCUT2D eigenvalue weighted by molar-refractivity contribution is -0.222. The van der Waals surface area contributed by atoms with Crippen molar-refractivity contribution in [2.75, 3.05) is 12.4 Å². The molecule has 118 valence electrons. The van der Waals surface area contributed by atoms with E-state index in [4.69, 9.17) is 25.8 Å². The minimum atomic E-state index is -1.28. The van der Waals surface area contributed by atoms with Crippen LogP contribution in [0.3, 0.4) is 0 Å². The molecule has 0 bridgehead atoms. The highest BCUT2D eigenvalue weighted by atomic mass is 79.9. The van der Waals surface area contributed by atoms with Crippen molar-refractivity contribution in [1.29, 1.82) is 0 Å². The van der Waals surface area contributed by atoms with Gasteiger partial charge in [0.1, 0.15) is 5.75 Å². The standard InChI is InChI=1S/C14H13BrClNO5/c1-14(2)21-12(18)7(13(19)22-14)6-17-11-8(16)4-5-9(20-3)10(11)15/h4-6,17H,1-3H3. The zero-order chi connectivity index (χ0) is 16.5. The summed E-state index contributed by atoms with van der Waals surface area (Å²) in [5, 5.41) is 3.17. The van der Waals surface area contributed by atoms with E-state index < -0.39 is 17.7 Å². The van der Waals surface area contributed by atoms with Gasteiger partial charge in [-0.25, -0.2) is 9.59 Å². The number of rotatable bonds is 3. The van der Waals surface area contributed by atoms with Crippen molar-refractivity contribution < 1.29 is 23.8 Å². The minimum Gasteiger partial charge on any atom is -0.495 e. The Hall–Kier alpha value is -1.73. The Morgan fingerprint density at radius 2 is 1.86 bits per heavy atom. The Morgan fingerprint density at radius 3 is 2.41 bits per heavy atom. The maximum atomic E-state index is 11.8. The number of benzene rings is 1. The third-order valence-electron chi connectivity index (χ3n) is 2.75. The van der Waals surface area contributed by atoms with E-state index in [2.05, 4.69) is 21.2 Å². The van der Waals surface area contributed by atoms with Crippen LogP contribution in [-0.4, -0.2) is 24.8 Å². The summed E-state index contributed by atoms with van der Waals surface area (Å²) in [4.78, 5) is 23.7. The van der Waals surface area contributed by atoms with Crippen LogP contribution < -0.4 is 10.1 Å². The second-order valence-corrected chi connectivity index (χ2v) is 6.02. The molecule has 0 amide bonds. The van der Waals surface area contributed by atoms with Crippen LogP contribution in [0, 0.1) is 0 Å². The number of anilines is 1. The zero-order valence-electron chi connectivity index (χ0n) is 12.0. The summed E-state index contributed by atoms with van der Waals surface area (Å²) in [5.41, 5.74) is 0.184. The van der Waals surface area contributed by atoms with Gasteiger partial charge in [0.15, 0.2) is 5.57 Å². The molecule has 1 aliphatic rings. The number of ether oxygens (including phenoxy) is 3. The van der Waals surface area contributed by atoms with Gasteiger partial charge >= 0.3 is 11.9 Å². The second kappa shape index (κ2) is 6.18. The van der Waals surface area contributed by atoms with Crippen LogP contribution in [0.1, 0.15) is 13.8 Å². The SMILES string of the molecule is COc1ccc(Cl)c(NC=C2C(=O)OC(C)(C)OC2=O)c1Br. The second-order valence-electron chi connectivity index (χ2n) is 4.82. The molecule has 0 spiro atoms. The predicted molar refractivity (Wildman–Crippen MR) is 83.7 cm³/mol. The van der Waals surface area contributed by atoms with Gasteiger partial charge in [0, 0.05) is 20.0 Å². The van der Waals surface area contributed by atoms with E-state index in [1.165, 1.54) is 27.2 Å². The normalized spacial score (nSPS) is 16.7. The van der Waals surface area contributed by atoms with Crippen LogP contribution in [-0.2, 0) is 19.1 Å². The number of hydrogen-bond acceptors (Lipinski definition) is 6. The molecule has 2 rings (SSSR count). The molecule has 1 fully saturated rings. The van der Waals surface area contributed by atoms with Crippen molar-refractivity contribution in [3.8, 4) is 5.75 Å². The lowest BCUT2D eigenvalue weighted by atomic mass is 10.2. The van der Waals surface area contributed by atoms with Crippen molar-refractivity contribution in [3.63, 3.8) is 0 Å². The molecule has 6 nitrogen and oxygen atoms in total. The molecular weight excluding hydrogens is 378 g/mol. The van der Waals surface area contributed by atoms with Crippen molar-refractivity contribution in [1.82, 2.24) is 0 Å². The molecule has 0 radical (unpaired) electrons. The minimum absolute atomic E-state index is 0.259. The lowest BCUT2D eigenvalue weighted by Crippen LogP contribution is -2.42. The van der Waals surface area contributed by atoms with E-state index in [1.54, 1.807) is 12.1 Å². The molecule has 0 aromatic heterocycles. The predicted octanol–water partition coefficient (Wildman–Crippen LogP) is 3.24. The number of carbonyl (C=O) groups is 2. The van der Waals surface area contributed by atoms with Gasteiger partial charge in [0.05, 0.1) is 22.3 Å². The van der Waals surface area contributed by atoms with E-state index in [0.29, 0.717) is 20.9 Å². The molecule has 1 heterocycles. The molecule has 0 saturated carbocycles. The molecule has 8 heteroatoms. The van der Waals surface area contributed by atoms with E-state index in [0.717, 1.165) is 0 Å². The number of hydrogen-bond donors (Lipinski definition) is 1. The average Bonchev–Trinajstić information content (AvgIpc) is 2.40. The average molecular weight is 391 g/mol. The fourth-order valence-corrected chi connectivity index (χ4v) is 2.69. The van der Waals surface area contributed by atoms with E-state index in [-0.39, 0.29) is 5.57 Å². The summed E-state index contributed by atoms with van der Waals surface area (Å²) in [6.45, 7) is 2.95. The number of nitrogens with one attached hydrogen (secondary N) is 1. The largest absolute Gasteiger partial charge is 0.495 e. The molecule has 0 unspecified atom stereocenters. The Kier molecular flexibility index (Phi) is 4.67. The molecule has 0 aliphatic carbocycles. The Labute approximate surface area is 140 Å². The Balaban J connectivity index is 2.29. The highest BCUT2D eigenvalue weighted by Crippen LogP contribution is 2.38. The third kappa shape index (κ3) is 3.36. The zero-order valence-corrected chi connectivity index (χ0v) is 14.4. The topological polar surface area (TPSA) is 73.9 Å². The maximum Gasteiger partial charge on any atom is 0.350 e. The monoisotopic (exact) mass is 389 g/mol. The number of halogens is 2. The molecule has 1 aliphatic heterocycles. The summed E-state index contributed by atoms with van der Waals surface area (Å²) in [6, 6.07) is 3.29. The van der Waals surface area contributed by atoms with Crippen molar-refractivity contribution in [2.24, 2.45) is 0 Å². The van der Waals surface area contributed by atoms with Crippen LogP contribution in [0.5, 0.6) is 5.75 Å². The van der Waals surface area contributed by atoms with Crippen LogP contribution in [0.25, 0.3) is 0 Å². The number of cyclic esters (lactones) is 2. The number of esters is 2. The summed E-state index contributed by atoms with van der Waals surface area (Å²) < 4.78 is 15.7. The molecular formula is C14H13BrClNO5. The fraction of sp³-hybridized carbons (Fsp3) is 0.286. The number of carbonyl (C=O) groups excluding carboxylic acids is 2. The van der Waals surface area contributed by atoms with Crippen LogP contribution in [0.4, 0.5) is 5.69 Å². The van der Waals surface area contributed by atoms with Crippen molar-refractivity contribution >= 4 is 45.2 Å². The smallest absolute Gasteiger partial charge is 0.350 e. The van der Waals surface area contributed by atoms with E-state index >= 15 is 0 Å². The summed E-state index contributed by atoms with van der Waals surface area (Å²) in [5.74, 6) is -2.28. The Bertz CT molecular complexity index is 649. The van der Waals surface area contributed by atoms with Gasteiger partial charge in [0.25, 0.3) is 5.79 Å². The lowest BCUT2D eigenvalue weighted by Gasteiger charge is -2.29. The molecule has 1 N–H and O–H groups in total. The molecule has 1 saturated heterocycles. The summed E-state index contributed by atoms with van der Waals surface area (Å²) in [6.07, 6.45) is 1.19. The summed E-state index contributed by atoms with van der Waals surface area (Å²) in [7, 11) is 1.51. The molecule has 22 heavy (non-hydrogen) atoms. The molecule has 0 atom stereocenters. The van der Waals surface area contributed by atoms with Gasteiger partial charge in [-0.05, 0) is 28.1 Å². The maximum absolute atomic E-state index is 11.8. The highest BCUT2D eigenvalue weighted by molar-refractivity contribution is 9.10. The first-order valence-electron chi connectivity index (χ1n) is 6.20. The van der Waals surface area contributed by atoms with E-state index in [1.807, 2.05) is 0 Å². The van der Waals surface area contributed by atoms with Crippen molar-refractivity contribution in [3.05, 3.63) is 33.4 Å². The van der Waals surface area contributed by atoms with Crippen LogP contribution in [0.2, 0.25) is 5.02 Å². The van der Waals surface area contributed by atoms with Gasteiger partial charge in [0.2, 0.25) is 0 Å². The fourth-order valence-electron chi connectivity index (χ4n) is 1.75. The van der Waals surface area contributed by atoms with Gasteiger partial charge in [-0.2, -0.15) is 0 Å². The molecule has 1 aromatic carbocycles.